The van der Waals surface area contributed by atoms with Crippen LogP contribution in [0.15, 0.2) is 36.4 Å². The number of aromatic nitrogens is 1. The third-order valence-corrected chi connectivity index (χ3v) is 4.16. The van der Waals surface area contributed by atoms with Gasteiger partial charge in [-0.3, -0.25) is 0 Å². The molecule has 6 heteroatoms. The first-order valence-electron chi connectivity index (χ1n) is 6.88. The number of aryl methyl sites for hydroxylation is 1. The molecule has 0 aliphatic carbocycles. The second-order valence-corrected chi connectivity index (χ2v) is 6.01. The molecule has 1 aromatic heterocycles. The molecule has 0 spiro atoms. The highest BCUT2D eigenvalue weighted by molar-refractivity contribution is 6.41. The lowest BCUT2D eigenvalue weighted by Crippen LogP contribution is -1.97. The Morgan fingerprint density at radius 1 is 1.22 bits per heavy atom. The van der Waals surface area contributed by atoms with E-state index in [-0.39, 0.29) is 5.69 Å². The van der Waals surface area contributed by atoms with Crippen molar-refractivity contribution in [2.24, 2.45) is 0 Å². The molecule has 0 radical (unpaired) electrons. The SMILES string of the molecule is Cc1ccc(COc2c(Cl)cc3[nH]c(C(=O)O)cc3c2Cl)cc1. The first kappa shape index (κ1) is 15.7. The Labute approximate surface area is 142 Å². The van der Waals surface area contributed by atoms with Crippen LogP contribution < -0.4 is 4.74 Å². The van der Waals surface area contributed by atoms with Crippen molar-refractivity contribution in [3.05, 3.63) is 63.3 Å². The molecular weight excluding hydrogens is 337 g/mol. The Morgan fingerprint density at radius 3 is 2.57 bits per heavy atom. The van der Waals surface area contributed by atoms with Gasteiger partial charge in [-0.15, -0.1) is 0 Å². The van der Waals surface area contributed by atoms with Gasteiger partial charge >= 0.3 is 5.97 Å². The van der Waals surface area contributed by atoms with E-state index in [0.29, 0.717) is 33.3 Å². The number of carboxylic acid groups (broad SMARTS) is 1. The Bertz CT molecular complexity index is 885. The first-order chi connectivity index (χ1) is 11.0. The molecule has 0 saturated heterocycles. The Hall–Kier alpha value is -2.17. The Kier molecular flexibility index (Phi) is 4.20. The van der Waals surface area contributed by atoms with Crippen LogP contribution in [0.3, 0.4) is 0 Å². The summed E-state index contributed by atoms with van der Waals surface area (Å²) in [5.41, 5.74) is 2.76. The number of aromatic amines is 1. The summed E-state index contributed by atoms with van der Waals surface area (Å²) < 4.78 is 5.75. The average molecular weight is 350 g/mol. The van der Waals surface area contributed by atoms with E-state index in [1.807, 2.05) is 31.2 Å². The molecular formula is C17H13Cl2NO3. The summed E-state index contributed by atoms with van der Waals surface area (Å²) in [5.74, 6) is -0.715. The van der Waals surface area contributed by atoms with Gasteiger partial charge in [0.2, 0.25) is 0 Å². The van der Waals surface area contributed by atoms with Crippen LogP contribution in [0, 0.1) is 6.92 Å². The van der Waals surface area contributed by atoms with Crippen LogP contribution in [0.5, 0.6) is 5.75 Å². The molecule has 4 nitrogen and oxygen atoms in total. The van der Waals surface area contributed by atoms with E-state index in [0.717, 1.165) is 5.56 Å². The van der Waals surface area contributed by atoms with Gasteiger partial charge in [-0.2, -0.15) is 0 Å². The number of H-pyrrole nitrogens is 1. The summed E-state index contributed by atoms with van der Waals surface area (Å²) >= 11 is 12.5. The smallest absolute Gasteiger partial charge is 0.352 e. The topological polar surface area (TPSA) is 62.3 Å². The van der Waals surface area contributed by atoms with E-state index >= 15 is 0 Å². The summed E-state index contributed by atoms with van der Waals surface area (Å²) in [6.07, 6.45) is 0. The summed E-state index contributed by atoms with van der Waals surface area (Å²) in [4.78, 5) is 13.8. The minimum absolute atomic E-state index is 0.0497. The lowest BCUT2D eigenvalue weighted by atomic mass is 10.2. The van der Waals surface area contributed by atoms with Gasteiger partial charge in [-0.25, -0.2) is 4.79 Å². The molecule has 3 rings (SSSR count). The lowest BCUT2D eigenvalue weighted by Gasteiger charge is -2.11. The average Bonchev–Trinajstić information content (AvgIpc) is 2.93. The standard InChI is InChI=1S/C17H13Cl2NO3/c1-9-2-4-10(5-3-9)8-23-16-12(18)7-13-11(15(16)19)6-14(20-13)17(21)22/h2-7,20H,8H2,1H3,(H,21,22). The molecule has 0 aliphatic rings. The number of ether oxygens (including phenoxy) is 1. The summed E-state index contributed by atoms with van der Waals surface area (Å²) in [5, 5.41) is 10.2. The number of halogens is 2. The molecule has 118 valence electrons. The molecule has 0 fully saturated rings. The second-order valence-electron chi connectivity index (χ2n) is 5.23. The molecule has 0 atom stereocenters. The highest BCUT2D eigenvalue weighted by atomic mass is 35.5. The van der Waals surface area contributed by atoms with Gasteiger partial charge in [0.25, 0.3) is 0 Å². The maximum Gasteiger partial charge on any atom is 0.352 e. The van der Waals surface area contributed by atoms with Gasteiger partial charge in [0, 0.05) is 10.9 Å². The summed E-state index contributed by atoms with van der Waals surface area (Å²) in [6, 6.07) is 11.0. The van der Waals surface area contributed by atoms with Crippen LogP contribution in [-0.2, 0) is 6.61 Å². The molecule has 3 aromatic rings. The van der Waals surface area contributed by atoms with E-state index in [1.54, 1.807) is 6.07 Å². The fourth-order valence-electron chi connectivity index (χ4n) is 2.27. The monoisotopic (exact) mass is 349 g/mol. The largest absolute Gasteiger partial charge is 0.486 e. The first-order valence-corrected chi connectivity index (χ1v) is 7.63. The lowest BCUT2D eigenvalue weighted by molar-refractivity contribution is 0.0691. The fraction of sp³-hybridized carbons (Fsp3) is 0.118. The number of carbonyl (C=O) groups is 1. The third kappa shape index (κ3) is 3.14. The van der Waals surface area contributed by atoms with E-state index in [2.05, 4.69) is 4.98 Å². The summed E-state index contributed by atoms with van der Waals surface area (Å²) in [6.45, 7) is 2.33. The maximum atomic E-state index is 11.1. The summed E-state index contributed by atoms with van der Waals surface area (Å²) in [7, 11) is 0. The van der Waals surface area contributed by atoms with Gasteiger partial charge in [-0.1, -0.05) is 53.0 Å². The number of fused-ring (bicyclic) bond motifs is 1. The predicted octanol–water partition coefficient (Wildman–Crippen LogP) is 5.06. The van der Waals surface area contributed by atoms with E-state index in [4.69, 9.17) is 33.0 Å². The highest BCUT2D eigenvalue weighted by Crippen LogP contribution is 2.40. The fourth-order valence-corrected chi connectivity index (χ4v) is 2.89. The minimum atomic E-state index is -1.06. The van der Waals surface area contributed by atoms with Crippen molar-refractivity contribution in [3.8, 4) is 5.75 Å². The van der Waals surface area contributed by atoms with E-state index in [9.17, 15) is 4.79 Å². The second kappa shape index (κ2) is 6.14. The van der Waals surface area contributed by atoms with Crippen LogP contribution in [0.2, 0.25) is 10.0 Å². The zero-order valence-corrected chi connectivity index (χ0v) is 13.7. The molecule has 1 heterocycles. The van der Waals surface area contributed by atoms with Crippen molar-refractivity contribution < 1.29 is 14.6 Å². The van der Waals surface area contributed by atoms with Gasteiger partial charge in [0.05, 0.1) is 10.0 Å². The van der Waals surface area contributed by atoms with Crippen LogP contribution in [-0.4, -0.2) is 16.1 Å². The van der Waals surface area contributed by atoms with Gasteiger partial charge in [-0.05, 0) is 24.6 Å². The third-order valence-electron chi connectivity index (χ3n) is 3.51. The van der Waals surface area contributed by atoms with Gasteiger partial charge < -0.3 is 14.8 Å². The zero-order valence-electron chi connectivity index (χ0n) is 12.2. The Morgan fingerprint density at radius 2 is 1.91 bits per heavy atom. The van der Waals surface area contributed by atoms with Crippen molar-refractivity contribution in [2.75, 3.05) is 0 Å². The molecule has 0 saturated carbocycles. The van der Waals surface area contributed by atoms with Crippen molar-refractivity contribution in [3.63, 3.8) is 0 Å². The molecule has 23 heavy (non-hydrogen) atoms. The van der Waals surface area contributed by atoms with Crippen molar-refractivity contribution >= 4 is 40.1 Å². The Balaban J connectivity index is 1.93. The normalized spacial score (nSPS) is 10.9. The number of hydrogen-bond acceptors (Lipinski definition) is 2. The van der Waals surface area contributed by atoms with Crippen LogP contribution in [0.4, 0.5) is 0 Å². The van der Waals surface area contributed by atoms with Crippen LogP contribution >= 0.6 is 23.2 Å². The van der Waals surface area contributed by atoms with Crippen LogP contribution in [0.1, 0.15) is 21.6 Å². The van der Waals surface area contributed by atoms with Gasteiger partial charge in [0.1, 0.15) is 12.3 Å². The molecule has 0 bridgehead atoms. The highest BCUT2D eigenvalue weighted by Gasteiger charge is 2.16. The molecule has 0 aliphatic heterocycles. The van der Waals surface area contributed by atoms with Crippen molar-refractivity contribution in [1.82, 2.24) is 4.98 Å². The van der Waals surface area contributed by atoms with Crippen molar-refractivity contribution in [2.45, 2.75) is 13.5 Å². The predicted molar refractivity (Wildman–Crippen MR) is 90.8 cm³/mol. The number of aromatic carboxylic acids is 1. The van der Waals surface area contributed by atoms with Crippen molar-refractivity contribution in [1.29, 1.82) is 0 Å². The molecule has 0 amide bonds. The number of nitrogens with one attached hydrogen (secondary N) is 1. The van der Waals surface area contributed by atoms with Crippen LogP contribution in [0.25, 0.3) is 10.9 Å². The van der Waals surface area contributed by atoms with E-state index < -0.39 is 5.97 Å². The minimum Gasteiger partial charge on any atom is -0.486 e. The zero-order chi connectivity index (χ0) is 16.6. The number of hydrogen-bond donors (Lipinski definition) is 2. The quantitative estimate of drug-likeness (QED) is 0.691. The molecule has 0 unspecified atom stereocenters. The number of rotatable bonds is 4. The molecule has 2 aromatic carbocycles. The van der Waals surface area contributed by atoms with Gasteiger partial charge in [0.15, 0.2) is 5.75 Å². The number of benzene rings is 2. The molecule has 2 N–H and O–H groups in total. The number of carboxylic acids is 1. The maximum absolute atomic E-state index is 11.1. The van der Waals surface area contributed by atoms with E-state index in [1.165, 1.54) is 11.6 Å².